The number of methoxy groups -OCH3 is 1. The lowest BCUT2D eigenvalue weighted by molar-refractivity contribution is 0.137. The van der Waals surface area contributed by atoms with Gasteiger partial charge in [-0.1, -0.05) is 18.2 Å². The van der Waals surface area contributed by atoms with Gasteiger partial charge < -0.3 is 14.8 Å². The van der Waals surface area contributed by atoms with Gasteiger partial charge in [-0.25, -0.2) is 4.39 Å². The normalized spacial score (nSPS) is 14.6. The highest BCUT2D eigenvalue weighted by Gasteiger charge is 2.20. The lowest BCUT2D eigenvalue weighted by Gasteiger charge is -2.28. The summed E-state index contributed by atoms with van der Waals surface area (Å²) in [4.78, 5) is 0. The average Bonchev–Trinajstić information content (AvgIpc) is 2.45. The van der Waals surface area contributed by atoms with Gasteiger partial charge >= 0.3 is 0 Å². The largest absolute Gasteiger partial charge is 0.493 e. The molecule has 1 aliphatic rings. The van der Waals surface area contributed by atoms with Crippen LogP contribution in [0.4, 0.5) is 4.39 Å². The first-order chi connectivity index (χ1) is 10.2. The van der Waals surface area contributed by atoms with Crippen molar-refractivity contribution in [3.8, 4) is 22.6 Å². The second-order valence-electron chi connectivity index (χ2n) is 5.18. The molecule has 0 bridgehead atoms. The maximum absolute atomic E-state index is 13.7. The van der Waals surface area contributed by atoms with Crippen molar-refractivity contribution < 1.29 is 13.9 Å². The van der Waals surface area contributed by atoms with Crippen molar-refractivity contribution in [3.63, 3.8) is 0 Å². The van der Waals surface area contributed by atoms with E-state index < -0.39 is 0 Å². The molecule has 2 aromatic carbocycles. The van der Waals surface area contributed by atoms with Gasteiger partial charge in [0.1, 0.15) is 11.9 Å². The van der Waals surface area contributed by atoms with Crippen LogP contribution in [-0.2, 0) is 0 Å². The molecule has 0 unspecified atom stereocenters. The Balaban J connectivity index is 1.99. The topological polar surface area (TPSA) is 30.5 Å². The molecule has 0 amide bonds. The molecule has 1 heterocycles. The van der Waals surface area contributed by atoms with Crippen LogP contribution in [0.5, 0.6) is 11.5 Å². The fraction of sp³-hybridized carbons (Fsp3) is 0.294. The average molecular weight is 287 g/mol. The molecule has 0 aromatic heterocycles. The lowest BCUT2D eigenvalue weighted by Crippen LogP contribution is -2.50. The van der Waals surface area contributed by atoms with Gasteiger partial charge in [-0.15, -0.1) is 0 Å². The van der Waals surface area contributed by atoms with Gasteiger partial charge in [-0.2, -0.15) is 0 Å². The predicted octanol–water partition coefficient (Wildman–Crippen LogP) is 3.16. The van der Waals surface area contributed by atoms with Crippen molar-refractivity contribution in [1.82, 2.24) is 5.32 Å². The zero-order valence-corrected chi connectivity index (χ0v) is 12.2. The minimum atomic E-state index is -0.200. The van der Waals surface area contributed by atoms with Gasteiger partial charge in [0.15, 0.2) is 11.5 Å². The zero-order chi connectivity index (χ0) is 14.8. The Bertz CT molecular complexity index is 653. The fourth-order valence-corrected chi connectivity index (χ4v) is 2.38. The van der Waals surface area contributed by atoms with Gasteiger partial charge in [0, 0.05) is 13.1 Å². The van der Waals surface area contributed by atoms with E-state index in [1.807, 2.05) is 24.3 Å². The SMILES string of the molecule is COc1ccc(-c2cccc(F)c2C)cc1OC1CNC1. The van der Waals surface area contributed by atoms with Crippen molar-refractivity contribution >= 4 is 0 Å². The van der Waals surface area contributed by atoms with Crippen LogP contribution in [0.3, 0.4) is 0 Å². The minimum absolute atomic E-state index is 0.169. The smallest absolute Gasteiger partial charge is 0.162 e. The third-order valence-corrected chi connectivity index (χ3v) is 3.78. The van der Waals surface area contributed by atoms with E-state index in [-0.39, 0.29) is 11.9 Å². The second-order valence-corrected chi connectivity index (χ2v) is 5.18. The molecule has 2 aromatic rings. The summed E-state index contributed by atoms with van der Waals surface area (Å²) in [5.41, 5.74) is 2.43. The highest BCUT2D eigenvalue weighted by molar-refractivity contribution is 5.70. The van der Waals surface area contributed by atoms with Crippen LogP contribution in [0.25, 0.3) is 11.1 Å². The van der Waals surface area contributed by atoms with Gasteiger partial charge in [0.05, 0.1) is 7.11 Å². The first-order valence-electron chi connectivity index (χ1n) is 7.00. The zero-order valence-electron chi connectivity index (χ0n) is 12.2. The van der Waals surface area contributed by atoms with Crippen molar-refractivity contribution in [3.05, 3.63) is 47.8 Å². The van der Waals surface area contributed by atoms with Gasteiger partial charge in [-0.3, -0.25) is 0 Å². The molecule has 110 valence electrons. The van der Waals surface area contributed by atoms with E-state index >= 15 is 0 Å². The number of hydrogen-bond acceptors (Lipinski definition) is 3. The molecule has 0 saturated carbocycles. The van der Waals surface area contributed by atoms with Crippen LogP contribution in [0.15, 0.2) is 36.4 Å². The van der Waals surface area contributed by atoms with Crippen LogP contribution in [-0.4, -0.2) is 26.3 Å². The first kappa shape index (κ1) is 13.9. The lowest BCUT2D eigenvalue weighted by atomic mass is 10.00. The van der Waals surface area contributed by atoms with Gasteiger partial charge in [0.2, 0.25) is 0 Å². The molecule has 0 spiro atoms. The van der Waals surface area contributed by atoms with E-state index in [4.69, 9.17) is 9.47 Å². The van der Waals surface area contributed by atoms with Gasteiger partial charge in [-0.05, 0) is 41.8 Å². The van der Waals surface area contributed by atoms with Crippen LogP contribution >= 0.6 is 0 Å². The van der Waals surface area contributed by atoms with Crippen LogP contribution < -0.4 is 14.8 Å². The number of hydrogen-bond donors (Lipinski definition) is 1. The standard InChI is InChI=1S/C17H18FNO2/c1-11-14(4-3-5-15(11)18)12-6-7-16(20-2)17(8-12)21-13-9-19-10-13/h3-8,13,19H,9-10H2,1-2H3. The third-order valence-electron chi connectivity index (χ3n) is 3.78. The summed E-state index contributed by atoms with van der Waals surface area (Å²) in [5.74, 6) is 1.19. The predicted molar refractivity (Wildman–Crippen MR) is 80.4 cm³/mol. The Morgan fingerprint density at radius 1 is 1.14 bits per heavy atom. The maximum Gasteiger partial charge on any atom is 0.162 e. The second kappa shape index (κ2) is 5.74. The Kier molecular flexibility index (Phi) is 3.80. The minimum Gasteiger partial charge on any atom is -0.493 e. The molecular formula is C17H18FNO2. The van der Waals surface area contributed by atoms with E-state index in [0.717, 1.165) is 24.2 Å². The molecular weight excluding hydrogens is 269 g/mol. The highest BCUT2D eigenvalue weighted by Crippen LogP contribution is 2.35. The van der Waals surface area contributed by atoms with E-state index in [1.165, 1.54) is 6.07 Å². The quantitative estimate of drug-likeness (QED) is 0.937. The Hall–Kier alpha value is -2.07. The summed E-state index contributed by atoms with van der Waals surface area (Å²) in [6.07, 6.45) is 0.169. The number of nitrogens with one attached hydrogen (secondary N) is 1. The number of ether oxygens (including phenoxy) is 2. The molecule has 0 aliphatic carbocycles. The molecule has 21 heavy (non-hydrogen) atoms. The van der Waals surface area contributed by atoms with Crippen molar-refractivity contribution in [2.45, 2.75) is 13.0 Å². The fourth-order valence-electron chi connectivity index (χ4n) is 2.38. The number of benzene rings is 2. The first-order valence-corrected chi connectivity index (χ1v) is 7.00. The molecule has 4 heteroatoms. The Morgan fingerprint density at radius 2 is 1.95 bits per heavy atom. The summed E-state index contributed by atoms with van der Waals surface area (Å²) >= 11 is 0. The highest BCUT2D eigenvalue weighted by atomic mass is 19.1. The van der Waals surface area contributed by atoms with Crippen molar-refractivity contribution in [1.29, 1.82) is 0 Å². The molecule has 1 saturated heterocycles. The Morgan fingerprint density at radius 3 is 2.62 bits per heavy atom. The summed E-state index contributed by atoms with van der Waals surface area (Å²) in [6, 6.07) is 10.8. The van der Waals surface area contributed by atoms with E-state index in [2.05, 4.69) is 5.32 Å². The Labute approximate surface area is 123 Å². The molecule has 1 N–H and O–H groups in total. The number of rotatable bonds is 4. The monoisotopic (exact) mass is 287 g/mol. The van der Waals surface area contributed by atoms with Crippen LogP contribution in [0, 0.1) is 12.7 Å². The molecule has 3 nitrogen and oxygen atoms in total. The van der Waals surface area contributed by atoms with Crippen LogP contribution in [0.2, 0.25) is 0 Å². The van der Waals surface area contributed by atoms with Crippen LogP contribution in [0.1, 0.15) is 5.56 Å². The molecule has 0 radical (unpaired) electrons. The summed E-state index contributed by atoms with van der Waals surface area (Å²) in [7, 11) is 1.62. The molecule has 1 fully saturated rings. The number of halogens is 1. The molecule has 1 aliphatic heterocycles. The summed E-state index contributed by atoms with van der Waals surface area (Å²) in [5, 5.41) is 3.17. The summed E-state index contributed by atoms with van der Waals surface area (Å²) in [6.45, 7) is 3.46. The van der Waals surface area contributed by atoms with E-state index in [9.17, 15) is 4.39 Å². The van der Waals surface area contributed by atoms with Crippen molar-refractivity contribution in [2.75, 3.05) is 20.2 Å². The molecule has 0 atom stereocenters. The third kappa shape index (κ3) is 2.72. The van der Waals surface area contributed by atoms with Gasteiger partial charge in [0.25, 0.3) is 0 Å². The van der Waals surface area contributed by atoms with Crippen molar-refractivity contribution in [2.24, 2.45) is 0 Å². The van der Waals surface area contributed by atoms with E-state index in [0.29, 0.717) is 17.1 Å². The summed E-state index contributed by atoms with van der Waals surface area (Å²) < 4.78 is 25.0. The van der Waals surface area contributed by atoms with E-state index in [1.54, 1.807) is 20.1 Å². The maximum atomic E-state index is 13.7. The molecule has 3 rings (SSSR count).